The molecule has 0 spiro atoms. The van der Waals surface area contributed by atoms with E-state index in [4.69, 9.17) is 4.74 Å². The second-order valence-electron chi connectivity index (χ2n) is 6.30. The van der Waals surface area contributed by atoms with Gasteiger partial charge in [-0.1, -0.05) is 0 Å². The number of amides is 1. The molecular formula is C18H18F3N3O5S. The Hall–Kier alpha value is -2.86. The van der Waals surface area contributed by atoms with Crippen molar-refractivity contribution in [1.82, 2.24) is 14.2 Å². The molecule has 1 fully saturated rings. The Balaban J connectivity index is 1.63. The number of aromatic nitrogens is 1. The number of ether oxygens (including phenoxy) is 2. The van der Waals surface area contributed by atoms with Crippen molar-refractivity contribution in [1.29, 1.82) is 0 Å². The molecule has 1 aromatic carbocycles. The van der Waals surface area contributed by atoms with Crippen molar-refractivity contribution in [3.63, 3.8) is 0 Å². The number of methoxy groups -OCH3 is 1. The summed E-state index contributed by atoms with van der Waals surface area (Å²) in [5.41, 5.74) is 0.354. The molecule has 3 rings (SSSR count). The first kappa shape index (κ1) is 21.8. The van der Waals surface area contributed by atoms with Gasteiger partial charge in [-0.25, -0.2) is 13.4 Å². The third-order valence-corrected chi connectivity index (χ3v) is 6.33. The molecule has 1 aromatic heterocycles. The van der Waals surface area contributed by atoms with Gasteiger partial charge in [0.25, 0.3) is 5.91 Å². The lowest BCUT2D eigenvalue weighted by molar-refractivity contribution is -0.274. The summed E-state index contributed by atoms with van der Waals surface area (Å²) in [5.74, 6) is -0.421. The van der Waals surface area contributed by atoms with Crippen LogP contribution in [0.3, 0.4) is 0 Å². The van der Waals surface area contributed by atoms with E-state index in [0.717, 1.165) is 24.3 Å². The van der Waals surface area contributed by atoms with Crippen molar-refractivity contribution in [2.24, 2.45) is 0 Å². The second kappa shape index (κ2) is 8.48. The van der Waals surface area contributed by atoms with E-state index in [9.17, 15) is 26.4 Å². The maximum absolute atomic E-state index is 12.7. The minimum atomic E-state index is -4.86. The third kappa shape index (κ3) is 5.00. The van der Waals surface area contributed by atoms with E-state index < -0.39 is 22.1 Å². The zero-order valence-corrected chi connectivity index (χ0v) is 16.6. The molecule has 0 saturated carbocycles. The first-order chi connectivity index (χ1) is 14.1. The van der Waals surface area contributed by atoms with Crippen LogP contribution in [-0.2, 0) is 10.0 Å². The lowest BCUT2D eigenvalue weighted by Crippen LogP contribution is -2.50. The molecule has 162 valence electrons. The topological polar surface area (TPSA) is 89.0 Å². The van der Waals surface area contributed by atoms with Gasteiger partial charge in [0.15, 0.2) is 0 Å². The number of halogens is 3. The average molecular weight is 445 g/mol. The first-order valence-electron chi connectivity index (χ1n) is 8.75. The largest absolute Gasteiger partial charge is 0.573 e. The molecule has 12 heteroatoms. The van der Waals surface area contributed by atoms with E-state index in [-0.39, 0.29) is 37.0 Å². The Morgan fingerprint density at radius 2 is 1.67 bits per heavy atom. The molecule has 0 radical (unpaired) electrons. The predicted octanol–water partition coefficient (Wildman–Crippen LogP) is 2.14. The Labute approximate surface area is 170 Å². The van der Waals surface area contributed by atoms with Gasteiger partial charge in [-0.2, -0.15) is 4.31 Å². The summed E-state index contributed by atoms with van der Waals surface area (Å²) in [6.45, 7) is 0.440. The van der Waals surface area contributed by atoms with Crippen molar-refractivity contribution in [2.75, 3.05) is 33.3 Å². The molecule has 1 aliphatic rings. The van der Waals surface area contributed by atoms with Gasteiger partial charge in [0.1, 0.15) is 5.75 Å². The fourth-order valence-corrected chi connectivity index (χ4v) is 4.33. The number of nitrogens with zero attached hydrogens (tertiary/aromatic N) is 3. The number of hydrogen-bond acceptors (Lipinski definition) is 6. The van der Waals surface area contributed by atoms with Crippen molar-refractivity contribution < 1.29 is 35.9 Å². The molecule has 0 atom stereocenters. The Morgan fingerprint density at radius 3 is 2.17 bits per heavy atom. The van der Waals surface area contributed by atoms with Crippen molar-refractivity contribution in [3.05, 3.63) is 48.2 Å². The molecular weight excluding hydrogens is 427 g/mol. The highest BCUT2D eigenvalue weighted by Gasteiger charge is 2.33. The highest BCUT2D eigenvalue weighted by atomic mass is 32.2. The summed E-state index contributed by atoms with van der Waals surface area (Å²) in [6, 6.07) is 7.11. The summed E-state index contributed by atoms with van der Waals surface area (Å²) >= 11 is 0. The van der Waals surface area contributed by atoms with Crippen LogP contribution in [0.1, 0.15) is 10.4 Å². The number of alkyl halides is 3. The van der Waals surface area contributed by atoms with E-state index in [1.165, 1.54) is 22.5 Å². The number of hydrogen-bond donors (Lipinski definition) is 0. The lowest BCUT2D eigenvalue weighted by Gasteiger charge is -2.34. The molecule has 0 aliphatic carbocycles. The van der Waals surface area contributed by atoms with Crippen LogP contribution < -0.4 is 9.47 Å². The van der Waals surface area contributed by atoms with Gasteiger partial charge in [0.2, 0.25) is 15.9 Å². The monoisotopic (exact) mass is 445 g/mol. The van der Waals surface area contributed by atoms with E-state index in [1.54, 1.807) is 12.1 Å². The number of rotatable bonds is 5. The van der Waals surface area contributed by atoms with E-state index in [2.05, 4.69) is 9.72 Å². The molecule has 8 nitrogen and oxygen atoms in total. The van der Waals surface area contributed by atoms with Crippen LogP contribution in [-0.4, -0.2) is 68.2 Å². The summed E-state index contributed by atoms with van der Waals surface area (Å²) in [7, 11) is -2.46. The number of carbonyl (C=O) groups is 1. The SMILES string of the molecule is COc1ccc(C(=O)N2CCN(S(=O)(=O)c3ccc(OC(F)(F)F)cc3)CC2)cn1. The molecule has 30 heavy (non-hydrogen) atoms. The molecule has 0 N–H and O–H groups in total. The Morgan fingerprint density at radius 1 is 1.03 bits per heavy atom. The fraction of sp³-hybridized carbons (Fsp3) is 0.333. The number of benzene rings is 1. The van der Waals surface area contributed by atoms with Gasteiger partial charge in [0.05, 0.1) is 17.6 Å². The highest BCUT2D eigenvalue weighted by Crippen LogP contribution is 2.25. The van der Waals surface area contributed by atoms with Crippen molar-refractivity contribution >= 4 is 15.9 Å². The maximum atomic E-state index is 12.7. The van der Waals surface area contributed by atoms with Crippen LogP contribution in [0.2, 0.25) is 0 Å². The number of carbonyl (C=O) groups excluding carboxylic acids is 1. The normalized spacial score (nSPS) is 15.7. The minimum Gasteiger partial charge on any atom is -0.481 e. The van der Waals surface area contributed by atoms with Crippen LogP contribution >= 0.6 is 0 Å². The molecule has 1 amide bonds. The van der Waals surface area contributed by atoms with Gasteiger partial charge in [-0.15, -0.1) is 13.2 Å². The van der Waals surface area contributed by atoms with Crippen LogP contribution in [0.5, 0.6) is 11.6 Å². The van der Waals surface area contributed by atoms with Crippen molar-refractivity contribution in [2.45, 2.75) is 11.3 Å². The van der Waals surface area contributed by atoms with E-state index in [0.29, 0.717) is 11.4 Å². The molecule has 2 heterocycles. The molecule has 2 aromatic rings. The van der Waals surface area contributed by atoms with E-state index >= 15 is 0 Å². The number of piperazine rings is 1. The maximum Gasteiger partial charge on any atom is 0.573 e. The summed E-state index contributed by atoms with van der Waals surface area (Å²) < 4.78 is 72.1. The molecule has 0 bridgehead atoms. The van der Waals surface area contributed by atoms with Crippen LogP contribution in [0.25, 0.3) is 0 Å². The van der Waals surface area contributed by atoms with Crippen LogP contribution in [0, 0.1) is 0 Å². The predicted molar refractivity (Wildman–Crippen MR) is 98.6 cm³/mol. The highest BCUT2D eigenvalue weighted by molar-refractivity contribution is 7.89. The average Bonchev–Trinajstić information content (AvgIpc) is 2.72. The fourth-order valence-electron chi connectivity index (χ4n) is 2.90. The minimum absolute atomic E-state index is 0.0540. The van der Waals surface area contributed by atoms with Gasteiger partial charge in [0, 0.05) is 38.4 Å². The number of pyridine rings is 1. The van der Waals surface area contributed by atoms with Gasteiger partial charge in [-0.3, -0.25) is 4.79 Å². The van der Waals surface area contributed by atoms with Gasteiger partial charge in [-0.05, 0) is 30.3 Å². The molecule has 0 unspecified atom stereocenters. The molecule has 1 aliphatic heterocycles. The Kier molecular flexibility index (Phi) is 6.17. The third-order valence-electron chi connectivity index (χ3n) is 4.41. The summed E-state index contributed by atoms with van der Waals surface area (Å²) in [6.07, 6.45) is -3.47. The zero-order chi connectivity index (χ0) is 21.9. The quantitative estimate of drug-likeness (QED) is 0.701. The van der Waals surface area contributed by atoms with Gasteiger partial charge >= 0.3 is 6.36 Å². The summed E-state index contributed by atoms with van der Waals surface area (Å²) in [5, 5.41) is 0. The summed E-state index contributed by atoms with van der Waals surface area (Å²) in [4.78, 5) is 17.9. The first-order valence-corrected chi connectivity index (χ1v) is 10.2. The number of sulfonamides is 1. The van der Waals surface area contributed by atoms with Crippen molar-refractivity contribution in [3.8, 4) is 11.6 Å². The Bertz CT molecular complexity index is 987. The van der Waals surface area contributed by atoms with Gasteiger partial charge < -0.3 is 14.4 Å². The van der Waals surface area contributed by atoms with Crippen LogP contribution in [0.4, 0.5) is 13.2 Å². The lowest BCUT2D eigenvalue weighted by atomic mass is 10.2. The van der Waals surface area contributed by atoms with Crippen LogP contribution in [0.15, 0.2) is 47.5 Å². The second-order valence-corrected chi connectivity index (χ2v) is 8.24. The zero-order valence-electron chi connectivity index (χ0n) is 15.8. The standard InChI is InChI=1S/C18H18F3N3O5S/c1-28-16-7-2-13(12-22-16)17(25)23-8-10-24(11-9-23)30(26,27)15-5-3-14(4-6-15)29-18(19,20)21/h2-7,12H,8-11H2,1H3. The van der Waals surface area contributed by atoms with E-state index in [1.807, 2.05) is 0 Å². The smallest absolute Gasteiger partial charge is 0.481 e. The molecule has 1 saturated heterocycles.